The van der Waals surface area contributed by atoms with E-state index in [-0.39, 0.29) is 38.2 Å². The predicted molar refractivity (Wildman–Crippen MR) is 137 cm³/mol. The summed E-state index contributed by atoms with van der Waals surface area (Å²) in [5, 5.41) is 16.9. The van der Waals surface area contributed by atoms with E-state index >= 15 is 0 Å². The third-order valence-electron chi connectivity index (χ3n) is 5.46. The number of nitrogens with one attached hydrogen (secondary N) is 4. The van der Waals surface area contributed by atoms with Crippen molar-refractivity contribution in [2.75, 3.05) is 6.54 Å². The lowest BCUT2D eigenvalue weighted by Crippen LogP contribution is -2.58. The number of guanidine groups is 1. The molecule has 4 amide bonds. The van der Waals surface area contributed by atoms with Crippen molar-refractivity contribution in [2.24, 2.45) is 33.8 Å². The molecule has 1 aromatic heterocycles. The van der Waals surface area contributed by atoms with E-state index in [2.05, 4.69) is 30.9 Å². The Kier molecular flexibility index (Phi) is 13.2. The maximum atomic E-state index is 13.2. The molecule has 0 radical (unpaired) electrons. The molecule has 1 aromatic rings. The van der Waals surface area contributed by atoms with Crippen LogP contribution in [0, 0.1) is 5.92 Å². The maximum absolute atomic E-state index is 13.2. The van der Waals surface area contributed by atoms with Gasteiger partial charge in [-0.1, -0.05) is 13.8 Å². The number of carboxylic acid groups (broad SMARTS) is 1. The topological polar surface area (TPSA) is 287 Å². The number of aromatic amines is 1. The van der Waals surface area contributed by atoms with E-state index in [9.17, 15) is 29.1 Å². The fraction of sp³-hybridized carbons (Fsp3) is 0.591. The molecule has 13 N–H and O–H groups in total. The number of aliphatic imine (C=N–C) groups is 1. The van der Waals surface area contributed by atoms with Gasteiger partial charge in [-0.3, -0.25) is 24.2 Å². The van der Waals surface area contributed by atoms with Crippen molar-refractivity contribution in [2.45, 2.75) is 70.1 Å². The number of amides is 4. The van der Waals surface area contributed by atoms with Gasteiger partial charge in [-0.05, 0) is 25.2 Å². The third-order valence-corrected chi connectivity index (χ3v) is 5.46. The molecule has 212 valence electrons. The Morgan fingerprint density at radius 1 is 1.00 bits per heavy atom. The highest BCUT2D eigenvalue weighted by atomic mass is 16.4. The van der Waals surface area contributed by atoms with Crippen LogP contribution in [0.4, 0.5) is 0 Å². The highest BCUT2D eigenvalue weighted by Crippen LogP contribution is 2.07. The van der Waals surface area contributed by atoms with Gasteiger partial charge in [-0.2, -0.15) is 0 Å². The maximum Gasteiger partial charge on any atom is 0.326 e. The zero-order valence-corrected chi connectivity index (χ0v) is 21.5. The quantitative estimate of drug-likeness (QED) is 0.0543. The molecule has 1 rings (SSSR count). The molecule has 0 bridgehead atoms. The molecule has 0 aliphatic heterocycles. The standard InChI is InChI=1S/C22H38N10O6/c1-11(2)17(21(37)38)32-20(36)15(8-12-9-27-10-29-12)31-19(35)14(5-6-16(24)33)30-18(34)13(23)4-3-7-28-22(25)26/h9-11,13-15,17H,3-8,23H2,1-2H3,(H2,24,33)(H,27,29)(H,30,34)(H,31,35)(H,32,36)(H,37,38)(H4,25,26,28). The lowest BCUT2D eigenvalue weighted by atomic mass is 10.0. The van der Waals surface area contributed by atoms with Gasteiger partial charge in [0, 0.05) is 31.3 Å². The molecule has 0 aliphatic carbocycles. The van der Waals surface area contributed by atoms with Crippen molar-refractivity contribution >= 4 is 35.6 Å². The lowest BCUT2D eigenvalue weighted by molar-refractivity contribution is -0.143. The molecule has 4 unspecified atom stereocenters. The first-order chi connectivity index (χ1) is 17.8. The Hall–Kier alpha value is -4.21. The number of nitrogens with zero attached hydrogens (tertiary/aromatic N) is 2. The van der Waals surface area contributed by atoms with Gasteiger partial charge < -0.3 is 49.0 Å². The summed E-state index contributed by atoms with van der Waals surface area (Å²) in [4.78, 5) is 72.2. The molecule has 0 fully saturated rings. The molecule has 0 saturated heterocycles. The molecule has 38 heavy (non-hydrogen) atoms. The fourth-order valence-electron chi connectivity index (χ4n) is 3.35. The van der Waals surface area contributed by atoms with E-state index in [1.165, 1.54) is 12.5 Å². The summed E-state index contributed by atoms with van der Waals surface area (Å²) in [6.07, 6.45) is 2.99. The van der Waals surface area contributed by atoms with Gasteiger partial charge in [0.2, 0.25) is 23.6 Å². The first kappa shape index (κ1) is 31.8. The third kappa shape index (κ3) is 11.7. The second-order valence-corrected chi connectivity index (χ2v) is 9.03. The van der Waals surface area contributed by atoms with E-state index in [0.29, 0.717) is 12.1 Å². The highest BCUT2D eigenvalue weighted by Gasteiger charge is 2.31. The molecule has 0 aromatic carbocycles. The van der Waals surface area contributed by atoms with Gasteiger partial charge in [0.25, 0.3) is 0 Å². The van der Waals surface area contributed by atoms with E-state index in [1.54, 1.807) is 13.8 Å². The van der Waals surface area contributed by atoms with Crippen molar-refractivity contribution < 1.29 is 29.1 Å². The Balaban J connectivity index is 3.02. The summed E-state index contributed by atoms with van der Waals surface area (Å²) in [7, 11) is 0. The normalized spacial score (nSPS) is 14.0. The van der Waals surface area contributed by atoms with E-state index in [4.69, 9.17) is 22.9 Å². The smallest absolute Gasteiger partial charge is 0.326 e. The molecule has 16 nitrogen and oxygen atoms in total. The van der Waals surface area contributed by atoms with Crippen LogP contribution in [-0.2, 0) is 30.4 Å². The zero-order chi connectivity index (χ0) is 28.8. The number of aliphatic carboxylic acids is 1. The zero-order valence-electron chi connectivity index (χ0n) is 21.5. The monoisotopic (exact) mass is 538 g/mol. The van der Waals surface area contributed by atoms with Crippen LogP contribution in [0.2, 0.25) is 0 Å². The predicted octanol–water partition coefficient (Wildman–Crippen LogP) is -3.21. The van der Waals surface area contributed by atoms with Crippen LogP contribution < -0.4 is 38.9 Å². The van der Waals surface area contributed by atoms with Gasteiger partial charge in [0.05, 0.1) is 12.4 Å². The summed E-state index contributed by atoms with van der Waals surface area (Å²) >= 11 is 0. The SMILES string of the molecule is CC(C)C(NC(=O)C(Cc1cnc[nH]1)NC(=O)C(CCC(N)=O)NC(=O)C(N)CCCN=C(N)N)C(=O)O. The minimum Gasteiger partial charge on any atom is -0.480 e. The van der Waals surface area contributed by atoms with Crippen LogP contribution in [-0.4, -0.2) is 81.3 Å². The number of primary amides is 1. The van der Waals surface area contributed by atoms with Gasteiger partial charge in [0.1, 0.15) is 18.1 Å². The molecule has 16 heteroatoms. The summed E-state index contributed by atoms with van der Waals surface area (Å²) in [5.74, 6) is -4.68. The number of aromatic nitrogens is 2. The lowest BCUT2D eigenvalue weighted by Gasteiger charge is -2.25. The van der Waals surface area contributed by atoms with E-state index < -0.39 is 59.7 Å². The van der Waals surface area contributed by atoms with Crippen LogP contribution in [0.5, 0.6) is 0 Å². The Bertz CT molecular complexity index is 977. The van der Waals surface area contributed by atoms with Gasteiger partial charge in [0.15, 0.2) is 5.96 Å². The van der Waals surface area contributed by atoms with E-state index in [0.717, 1.165) is 0 Å². The number of H-pyrrole nitrogens is 1. The van der Waals surface area contributed by atoms with Gasteiger partial charge in [-0.25, -0.2) is 9.78 Å². The molecule has 4 atom stereocenters. The van der Waals surface area contributed by atoms with Crippen molar-refractivity contribution in [1.82, 2.24) is 25.9 Å². The first-order valence-electron chi connectivity index (χ1n) is 12.0. The molecular formula is C22H38N10O6. The number of rotatable bonds is 17. The summed E-state index contributed by atoms with van der Waals surface area (Å²) < 4.78 is 0. The largest absolute Gasteiger partial charge is 0.480 e. The van der Waals surface area contributed by atoms with Crippen LogP contribution in [0.1, 0.15) is 45.2 Å². The van der Waals surface area contributed by atoms with Crippen LogP contribution in [0.3, 0.4) is 0 Å². The molecule has 0 saturated carbocycles. The van der Waals surface area contributed by atoms with Crippen molar-refractivity contribution in [3.8, 4) is 0 Å². The van der Waals surface area contributed by atoms with Crippen LogP contribution in [0.15, 0.2) is 17.5 Å². The number of hydrogen-bond acceptors (Lipinski definition) is 8. The molecule has 0 spiro atoms. The van der Waals surface area contributed by atoms with Crippen molar-refractivity contribution in [3.05, 3.63) is 18.2 Å². The average molecular weight is 539 g/mol. The minimum atomic E-state index is -1.25. The highest BCUT2D eigenvalue weighted by molar-refractivity contribution is 5.94. The molecule has 1 heterocycles. The number of hydrogen-bond donors (Lipinski definition) is 9. The second kappa shape index (κ2) is 15.8. The van der Waals surface area contributed by atoms with E-state index in [1.807, 2.05) is 0 Å². The van der Waals surface area contributed by atoms with Crippen molar-refractivity contribution in [1.29, 1.82) is 0 Å². The summed E-state index contributed by atoms with van der Waals surface area (Å²) in [6.45, 7) is 3.50. The average Bonchev–Trinajstić information content (AvgIpc) is 3.34. The fourth-order valence-corrected chi connectivity index (χ4v) is 3.35. The van der Waals surface area contributed by atoms with Gasteiger partial charge in [-0.15, -0.1) is 0 Å². The Morgan fingerprint density at radius 3 is 2.16 bits per heavy atom. The number of imidazole rings is 1. The summed E-state index contributed by atoms with van der Waals surface area (Å²) in [5.41, 5.74) is 22.1. The van der Waals surface area contributed by atoms with Crippen molar-refractivity contribution in [3.63, 3.8) is 0 Å². The number of carbonyl (C=O) groups is 5. The molecule has 0 aliphatic rings. The second-order valence-electron chi connectivity index (χ2n) is 9.03. The number of carbonyl (C=O) groups excluding carboxylic acids is 4. The van der Waals surface area contributed by atoms with Crippen LogP contribution in [0.25, 0.3) is 0 Å². The Labute approximate surface area is 219 Å². The molecular weight excluding hydrogens is 500 g/mol. The summed E-state index contributed by atoms with van der Waals surface area (Å²) in [6, 6.07) is -4.69. The van der Waals surface area contributed by atoms with Crippen LogP contribution >= 0.6 is 0 Å². The first-order valence-corrected chi connectivity index (χ1v) is 12.0. The number of carboxylic acids is 1. The Morgan fingerprint density at radius 2 is 1.63 bits per heavy atom. The minimum absolute atomic E-state index is 0.0528. The van der Waals surface area contributed by atoms with Gasteiger partial charge >= 0.3 is 5.97 Å². The number of nitrogens with two attached hydrogens (primary N) is 4.